The minimum atomic E-state index is -0.205. The lowest BCUT2D eigenvalue weighted by Crippen LogP contribution is -2.41. The number of methoxy groups -OCH3 is 1. The molecule has 1 unspecified atom stereocenters. The van der Waals surface area contributed by atoms with E-state index < -0.39 is 0 Å². The van der Waals surface area contributed by atoms with E-state index in [1.165, 1.54) is 11.1 Å². The summed E-state index contributed by atoms with van der Waals surface area (Å²) >= 11 is 0. The molecule has 1 rings (SSSR count). The van der Waals surface area contributed by atoms with Gasteiger partial charge in [0, 0.05) is 7.11 Å². The van der Waals surface area contributed by atoms with Gasteiger partial charge in [0.1, 0.15) is 0 Å². The van der Waals surface area contributed by atoms with Gasteiger partial charge < -0.3 is 10.1 Å². The minimum Gasteiger partial charge on any atom is -0.377 e. The molecule has 1 aromatic rings. The van der Waals surface area contributed by atoms with Crippen LogP contribution in [0.15, 0.2) is 24.3 Å². The summed E-state index contributed by atoms with van der Waals surface area (Å²) in [5.74, 6) is 0. The van der Waals surface area contributed by atoms with E-state index in [2.05, 4.69) is 57.3 Å². The molecular weight excluding hydrogens is 210 g/mol. The normalized spacial score (nSPS) is 13.7. The topological polar surface area (TPSA) is 21.3 Å². The standard InChI is InChI=1S/C15H25NO/c1-6-10-16-14(15(3,4)17-5)13-9-7-8-12(2)11-13/h7-9,11,14,16H,6,10H2,1-5H3. The van der Waals surface area contributed by atoms with Gasteiger partial charge in [0.05, 0.1) is 11.6 Å². The molecule has 2 nitrogen and oxygen atoms in total. The van der Waals surface area contributed by atoms with Crippen molar-refractivity contribution in [2.45, 2.75) is 45.8 Å². The average molecular weight is 235 g/mol. The van der Waals surface area contributed by atoms with E-state index >= 15 is 0 Å². The van der Waals surface area contributed by atoms with Gasteiger partial charge in [-0.1, -0.05) is 36.8 Å². The van der Waals surface area contributed by atoms with Crippen LogP contribution in [-0.4, -0.2) is 19.3 Å². The second-order valence-electron chi connectivity index (χ2n) is 5.11. The highest BCUT2D eigenvalue weighted by atomic mass is 16.5. The highest BCUT2D eigenvalue weighted by Gasteiger charge is 2.30. The molecule has 1 N–H and O–H groups in total. The molecule has 0 saturated heterocycles. The first-order valence-corrected chi connectivity index (χ1v) is 6.36. The summed E-state index contributed by atoms with van der Waals surface area (Å²) in [7, 11) is 1.77. The molecular formula is C15H25NO. The summed E-state index contributed by atoms with van der Waals surface area (Å²) in [4.78, 5) is 0. The number of ether oxygens (including phenoxy) is 1. The number of rotatable bonds is 6. The fourth-order valence-electron chi connectivity index (χ4n) is 2.02. The van der Waals surface area contributed by atoms with Crippen LogP contribution in [-0.2, 0) is 4.74 Å². The molecule has 0 fully saturated rings. The first kappa shape index (κ1) is 14.2. The monoisotopic (exact) mass is 235 g/mol. The molecule has 0 bridgehead atoms. The van der Waals surface area contributed by atoms with E-state index in [1.54, 1.807) is 7.11 Å². The van der Waals surface area contributed by atoms with Crippen LogP contribution >= 0.6 is 0 Å². The number of aryl methyl sites for hydroxylation is 1. The first-order chi connectivity index (χ1) is 8.01. The summed E-state index contributed by atoms with van der Waals surface area (Å²) in [5, 5.41) is 3.58. The van der Waals surface area contributed by atoms with Gasteiger partial charge in [0.15, 0.2) is 0 Å². The zero-order valence-electron chi connectivity index (χ0n) is 11.7. The van der Waals surface area contributed by atoms with E-state index in [9.17, 15) is 0 Å². The Hall–Kier alpha value is -0.860. The summed E-state index contributed by atoms with van der Waals surface area (Å²) in [6.45, 7) is 9.57. The number of nitrogens with one attached hydrogen (secondary N) is 1. The van der Waals surface area contributed by atoms with Crippen LogP contribution in [0.5, 0.6) is 0 Å². The second kappa shape index (κ2) is 6.18. The van der Waals surface area contributed by atoms with Crippen LogP contribution in [0, 0.1) is 6.92 Å². The highest BCUT2D eigenvalue weighted by molar-refractivity contribution is 5.27. The fourth-order valence-corrected chi connectivity index (χ4v) is 2.02. The van der Waals surface area contributed by atoms with Gasteiger partial charge in [-0.2, -0.15) is 0 Å². The van der Waals surface area contributed by atoms with Crippen molar-refractivity contribution in [3.05, 3.63) is 35.4 Å². The number of hydrogen-bond acceptors (Lipinski definition) is 2. The average Bonchev–Trinajstić information content (AvgIpc) is 2.29. The van der Waals surface area contributed by atoms with Crippen molar-refractivity contribution in [3.8, 4) is 0 Å². The predicted molar refractivity (Wildman–Crippen MR) is 73.3 cm³/mol. The minimum absolute atomic E-state index is 0.205. The Kier molecular flexibility index (Phi) is 5.16. The van der Waals surface area contributed by atoms with Gasteiger partial charge in [-0.3, -0.25) is 0 Å². The van der Waals surface area contributed by atoms with Gasteiger partial charge in [0.2, 0.25) is 0 Å². The largest absolute Gasteiger partial charge is 0.377 e. The lowest BCUT2D eigenvalue weighted by Gasteiger charge is -2.34. The maximum atomic E-state index is 5.63. The number of hydrogen-bond donors (Lipinski definition) is 1. The third-order valence-corrected chi connectivity index (χ3v) is 3.20. The molecule has 0 aliphatic carbocycles. The quantitative estimate of drug-likeness (QED) is 0.815. The van der Waals surface area contributed by atoms with Crippen LogP contribution in [0.1, 0.15) is 44.4 Å². The van der Waals surface area contributed by atoms with E-state index in [4.69, 9.17) is 4.74 Å². The van der Waals surface area contributed by atoms with Gasteiger partial charge in [-0.05, 0) is 39.3 Å². The van der Waals surface area contributed by atoms with Crippen molar-refractivity contribution in [1.82, 2.24) is 5.32 Å². The lowest BCUT2D eigenvalue weighted by atomic mass is 9.90. The molecule has 0 aliphatic heterocycles. The molecule has 0 aromatic heterocycles. The smallest absolute Gasteiger partial charge is 0.0816 e. The summed E-state index contributed by atoms with van der Waals surface area (Å²) in [5.41, 5.74) is 2.38. The molecule has 96 valence electrons. The zero-order chi connectivity index (χ0) is 12.9. The molecule has 0 amide bonds. The van der Waals surface area contributed by atoms with Crippen molar-refractivity contribution in [2.75, 3.05) is 13.7 Å². The summed E-state index contributed by atoms with van der Waals surface area (Å²) < 4.78 is 5.63. The van der Waals surface area contributed by atoms with Crippen molar-refractivity contribution in [3.63, 3.8) is 0 Å². The van der Waals surface area contributed by atoms with Gasteiger partial charge in [-0.15, -0.1) is 0 Å². The molecule has 2 heteroatoms. The maximum Gasteiger partial charge on any atom is 0.0816 e. The van der Waals surface area contributed by atoms with Crippen molar-refractivity contribution >= 4 is 0 Å². The molecule has 0 heterocycles. The predicted octanol–water partition coefficient (Wildman–Crippen LogP) is 3.46. The van der Waals surface area contributed by atoms with Crippen LogP contribution in [0.4, 0.5) is 0 Å². The second-order valence-corrected chi connectivity index (χ2v) is 5.11. The lowest BCUT2D eigenvalue weighted by molar-refractivity contribution is -0.0110. The Morgan fingerprint density at radius 1 is 1.35 bits per heavy atom. The molecule has 0 radical (unpaired) electrons. The van der Waals surface area contributed by atoms with Crippen LogP contribution < -0.4 is 5.32 Å². The zero-order valence-corrected chi connectivity index (χ0v) is 11.7. The number of benzene rings is 1. The Labute approximate surface area is 105 Å². The van der Waals surface area contributed by atoms with E-state index in [0.717, 1.165) is 13.0 Å². The third-order valence-electron chi connectivity index (χ3n) is 3.20. The first-order valence-electron chi connectivity index (χ1n) is 6.36. The van der Waals surface area contributed by atoms with Crippen molar-refractivity contribution < 1.29 is 4.74 Å². The maximum absolute atomic E-state index is 5.63. The van der Waals surface area contributed by atoms with Crippen LogP contribution in [0.25, 0.3) is 0 Å². The summed E-state index contributed by atoms with van der Waals surface area (Å²) in [6, 6.07) is 8.86. The van der Waals surface area contributed by atoms with Crippen LogP contribution in [0.3, 0.4) is 0 Å². The van der Waals surface area contributed by atoms with E-state index in [0.29, 0.717) is 0 Å². The Morgan fingerprint density at radius 2 is 2.06 bits per heavy atom. The fraction of sp³-hybridized carbons (Fsp3) is 0.600. The Bertz CT molecular complexity index is 347. The highest BCUT2D eigenvalue weighted by Crippen LogP contribution is 2.28. The summed E-state index contributed by atoms with van der Waals surface area (Å²) in [6.07, 6.45) is 1.13. The third kappa shape index (κ3) is 3.83. The van der Waals surface area contributed by atoms with Crippen LogP contribution in [0.2, 0.25) is 0 Å². The Morgan fingerprint density at radius 3 is 2.59 bits per heavy atom. The molecule has 1 aromatic carbocycles. The molecule has 1 atom stereocenters. The van der Waals surface area contributed by atoms with Gasteiger partial charge in [0.25, 0.3) is 0 Å². The van der Waals surface area contributed by atoms with Crippen molar-refractivity contribution in [2.24, 2.45) is 0 Å². The molecule has 0 aliphatic rings. The van der Waals surface area contributed by atoms with E-state index in [1.807, 2.05) is 0 Å². The van der Waals surface area contributed by atoms with Crippen molar-refractivity contribution in [1.29, 1.82) is 0 Å². The molecule has 0 spiro atoms. The Balaban J connectivity index is 2.97. The molecule has 0 saturated carbocycles. The SMILES string of the molecule is CCCNC(c1cccc(C)c1)C(C)(C)OC. The van der Waals surface area contributed by atoms with Gasteiger partial charge in [-0.25, -0.2) is 0 Å². The van der Waals surface area contributed by atoms with Gasteiger partial charge >= 0.3 is 0 Å². The molecule has 17 heavy (non-hydrogen) atoms. The van der Waals surface area contributed by atoms with E-state index in [-0.39, 0.29) is 11.6 Å².